The van der Waals surface area contributed by atoms with E-state index in [-0.39, 0.29) is 46.3 Å². The molecule has 5 nitrogen and oxygen atoms in total. The first-order valence-electron chi connectivity index (χ1n) is 14.9. The first-order valence-corrected chi connectivity index (χ1v) is 16.1. The number of aromatic hydroxyl groups is 1. The summed E-state index contributed by atoms with van der Waals surface area (Å²) in [6.07, 6.45) is 4.69. The molecule has 1 aromatic carbocycles. The van der Waals surface area contributed by atoms with Gasteiger partial charge in [0.25, 0.3) is 0 Å². The smallest absolute Gasteiger partial charge is 0.188 e. The van der Waals surface area contributed by atoms with Crippen LogP contribution in [0.4, 0.5) is 0 Å². The van der Waals surface area contributed by atoms with Gasteiger partial charge < -0.3 is 25.4 Å². The number of aliphatic hydroxyl groups excluding tert-OH is 1. The summed E-state index contributed by atoms with van der Waals surface area (Å²) < 4.78 is 12.7. The van der Waals surface area contributed by atoms with Crippen LogP contribution in [-0.4, -0.2) is 40.8 Å². The molecule has 4 atom stereocenters. The van der Waals surface area contributed by atoms with Crippen molar-refractivity contribution in [3.05, 3.63) is 23.8 Å². The number of nitrogens with two attached hydrogens (primary N) is 1. The van der Waals surface area contributed by atoms with E-state index in [1.807, 2.05) is 32.2 Å². The lowest BCUT2D eigenvalue weighted by Gasteiger charge is -2.52. The molecule has 39 heavy (non-hydrogen) atoms. The summed E-state index contributed by atoms with van der Waals surface area (Å²) >= 11 is 1.63. The number of phenols is 1. The van der Waals surface area contributed by atoms with E-state index in [0.29, 0.717) is 12.0 Å². The predicted octanol–water partition coefficient (Wildman–Crippen LogP) is 8.95. The summed E-state index contributed by atoms with van der Waals surface area (Å²) in [5, 5.41) is 20.0. The Morgan fingerprint density at radius 1 is 0.949 bits per heavy atom. The van der Waals surface area contributed by atoms with Crippen molar-refractivity contribution in [2.24, 2.45) is 27.9 Å². The van der Waals surface area contributed by atoms with Gasteiger partial charge in [-0.15, -0.1) is 11.8 Å². The van der Waals surface area contributed by atoms with Crippen LogP contribution in [0.1, 0.15) is 128 Å². The van der Waals surface area contributed by atoms with E-state index in [1.165, 1.54) is 0 Å². The Labute approximate surface area is 246 Å². The molecule has 2 rings (SSSR count). The van der Waals surface area contributed by atoms with E-state index in [2.05, 4.69) is 76.2 Å². The molecule has 0 amide bonds. The lowest BCUT2D eigenvalue weighted by molar-refractivity contribution is -0.276. The molecule has 1 aromatic rings. The van der Waals surface area contributed by atoms with Crippen LogP contribution in [0.3, 0.4) is 0 Å². The minimum Gasteiger partial charge on any atom is -0.507 e. The maximum Gasteiger partial charge on any atom is 0.188 e. The Morgan fingerprint density at radius 3 is 1.97 bits per heavy atom. The number of rotatable bonds is 10. The summed E-state index contributed by atoms with van der Waals surface area (Å²) in [7, 11) is 0. The zero-order chi connectivity index (χ0) is 30.8. The third kappa shape index (κ3) is 10.8. The molecule has 0 aromatic heterocycles. The highest BCUT2D eigenvalue weighted by molar-refractivity contribution is 7.98. The van der Waals surface area contributed by atoms with Crippen molar-refractivity contribution in [3.8, 4) is 5.75 Å². The van der Waals surface area contributed by atoms with Gasteiger partial charge in [0.15, 0.2) is 6.29 Å². The average molecular weight is 570 g/mol. The van der Waals surface area contributed by atoms with Crippen LogP contribution in [0.2, 0.25) is 0 Å². The molecule has 0 radical (unpaired) electrons. The lowest BCUT2D eigenvalue weighted by Crippen LogP contribution is -2.53. The number of phenolic OH excluding ortho intramolecular Hbond substituents is 1. The minimum absolute atomic E-state index is 0.0180. The standard InChI is InChI=1S/C27H47NO4S.C4H10.C2H6/c1-18-16-22(32-23(31-18)20-17-19(33-9)10-11-21(20)30)26(6,7)24(2,3)12-13-27(8,28)25(4,5)14-15-29;1-4(2)3;1-2/h10-11,17-18,22-23,29-30H,12-16,28H2,1-9H3;4H,1-3H3;1-2H3. The second kappa shape index (κ2) is 16.0. The van der Waals surface area contributed by atoms with Crippen LogP contribution < -0.4 is 5.73 Å². The van der Waals surface area contributed by atoms with Gasteiger partial charge in [0, 0.05) is 23.5 Å². The highest BCUT2D eigenvalue weighted by Crippen LogP contribution is 2.51. The zero-order valence-corrected chi connectivity index (χ0v) is 28.6. The molecular weight excluding hydrogens is 506 g/mol. The Hall–Kier alpha value is -0.790. The van der Waals surface area contributed by atoms with Crippen LogP contribution >= 0.6 is 11.8 Å². The molecule has 0 saturated carbocycles. The van der Waals surface area contributed by atoms with Gasteiger partial charge in [0.2, 0.25) is 0 Å². The Bertz CT molecular complexity index is 832. The fraction of sp³-hybridized carbons (Fsp3) is 0.818. The van der Waals surface area contributed by atoms with Crippen molar-refractivity contribution in [1.82, 2.24) is 0 Å². The summed E-state index contributed by atoms with van der Waals surface area (Å²) in [4.78, 5) is 1.07. The van der Waals surface area contributed by atoms with Crippen molar-refractivity contribution in [2.75, 3.05) is 12.9 Å². The molecule has 1 fully saturated rings. The summed E-state index contributed by atoms with van der Waals surface area (Å²) in [5.41, 5.74) is 6.71. The monoisotopic (exact) mass is 569 g/mol. The van der Waals surface area contributed by atoms with E-state index in [4.69, 9.17) is 15.2 Å². The number of benzene rings is 1. The van der Waals surface area contributed by atoms with Crippen molar-refractivity contribution in [1.29, 1.82) is 0 Å². The molecule has 1 heterocycles. The summed E-state index contributed by atoms with van der Waals surface area (Å²) in [6.45, 7) is 28.3. The maximum absolute atomic E-state index is 10.5. The lowest BCUT2D eigenvalue weighted by atomic mass is 9.59. The molecule has 0 bridgehead atoms. The Balaban J connectivity index is 0.00000220. The molecule has 1 aliphatic heterocycles. The molecule has 4 N–H and O–H groups in total. The predicted molar refractivity (Wildman–Crippen MR) is 169 cm³/mol. The van der Waals surface area contributed by atoms with Gasteiger partial charge in [-0.3, -0.25) is 0 Å². The van der Waals surface area contributed by atoms with Gasteiger partial charge in [0.1, 0.15) is 5.75 Å². The fourth-order valence-electron chi connectivity index (χ4n) is 4.50. The highest BCUT2D eigenvalue weighted by atomic mass is 32.2. The van der Waals surface area contributed by atoms with Crippen LogP contribution in [0, 0.1) is 22.2 Å². The van der Waals surface area contributed by atoms with Crippen LogP contribution in [-0.2, 0) is 9.47 Å². The van der Waals surface area contributed by atoms with Crippen molar-refractivity contribution in [3.63, 3.8) is 0 Å². The number of thioether (sulfide) groups is 1. The van der Waals surface area contributed by atoms with Gasteiger partial charge in [-0.05, 0) is 79.7 Å². The summed E-state index contributed by atoms with van der Waals surface area (Å²) in [5.74, 6) is 1.03. The molecule has 0 spiro atoms. The van der Waals surface area contributed by atoms with Crippen LogP contribution in [0.5, 0.6) is 5.75 Å². The van der Waals surface area contributed by atoms with Gasteiger partial charge in [-0.1, -0.05) is 76.2 Å². The second-order valence-electron chi connectivity index (χ2n) is 13.7. The average Bonchev–Trinajstić information content (AvgIpc) is 2.83. The molecule has 1 aliphatic rings. The minimum atomic E-state index is -0.593. The summed E-state index contributed by atoms with van der Waals surface area (Å²) in [6, 6.07) is 5.58. The van der Waals surface area contributed by atoms with Crippen molar-refractivity contribution >= 4 is 11.8 Å². The largest absolute Gasteiger partial charge is 0.507 e. The Morgan fingerprint density at radius 2 is 1.49 bits per heavy atom. The van der Waals surface area contributed by atoms with E-state index in [9.17, 15) is 10.2 Å². The number of hydrogen-bond acceptors (Lipinski definition) is 6. The van der Waals surface area contributed by atoms with Gasteiger partial charge >= 0.3 is 0 Å². The second-order valence-corrected chi connectivity index (χ2v) is 14.6. The van der Waals surface area contributed by atoms with Crippen molar-refractivity contribution < 1.29 is 19.7 Å². The van der Waals surface area contributed by atoms with E-state index in [0.717, 1.165) is 30.1 Å². The fourth-order valence-corrected chi connectivity index (χ4v) is 4.95. The number of ether oxygens (including phenoxy) is 2. The van der Waals surface area contributed by atoms with Gasteiger partial charge in [-0.2, -0.15) is 0 Å². The highest BCUT2D eigenvalue weighted by Gasteiger charge is 2.48. The van der Waals surface area contributed by atoms with Crippen LogP contribution in [0.25, 0.3) is 0 Å². The van der Waals surface area contributed by atoms with Gasteiger partial charge in [0.05, 0.1) is 17.8 Å². The SMILES string of the molecule is CC.CC(C)C.CSc1ccc(O)c(C2OC(C)CC(C(C)(C)C(C)(C)CCC(C)(N)C(C)(C)CCO)O2)c1. The molecule has 230 valence electrons. The number of hydrogen-bond donors (Lipinski definition) is 3. The molecule has 4 unspecified atom stereocenters. The maximum atomic E-state index is 10.5. The topological polar surface area (TPSA) is 84.9 Å². The van der Waals surface area contributed by atoms with Crippen LogP contribution in [0.15, 0.2) is 23.1 Å². The number of aliphatic hydroxyl groups is 1. The first-order chi connectivity index (χ1) is 17.8. The van der Waals surface area contributed by atoms with Crippen molar-refractivity contribution in [2.45, 2.75) is 145 Å². The van der Waals surface area contributed by atoms with E-state index in [1.54, 1.807) is 17.8 Å². The third-order valence-corrected chi connectivity index (χ3v) is 9.51. The van der Waals surface area contributed by atoms with E-state index < -0.39 is 6.29 Å². The molecule has 6 heteroatoms. The zero-order valence-electron chi connectivity index (χ0n) is 27.8. The molecular formula is C33H63NO4S. The quantitative estimate of drug-likeness (QED) is 0.244. The first kappa shape index (κ1) is 38.2. The normalized spacial score (nSPS) is 21.8. The molecule has 0 aliphatic carbocycles. The van der Waals surface area contributed by atoms with Gasteiger partial charge in [-0.25, -0.2) is 0 Å². The third-order valence-electron chi connectivity index (χ3n) is 8.78. The van der Waals surface area contributed by atoms with E-state index >= 15 is 0 Å². The molecule has 1 saturated heterocycles. The Kier molecular flexibility index (Phi) is 15.7.